The lowest BCUT2D eigenvalue weighted by molar-refractivity contribution is 0.313. The predicted molar refractivity (Wildman–Crippen MR) is 69.1 cm³/mol. The number of benzene rings is 1. The van der Waals surface area contributed by atoms with Crippen LogP contribution in [0.5, 0.6) is 0 Å². The Morgan fingerprint density at radius 2 is 2.06 bits per heavy atom. The zero-order chi connectivity index (χ0) is 12.3. The van der Waals surface area contributed by atoms with Gasteiger partial charge in [0.25, 0.3) is 0 Å². The normalized spacial score (nSPS) is 20.4. The van der Waals surface area contributed by atoms with Crippen LogP contribution in [0.25, 0.3) is 0 Å². The fraction of sp³-hybridized carbons (Fsp3) is 0.600. The Labute approximate surface area is 103 Å². The quantitative estimate of drug-likeness (QED) is 0.839. The van der Waals surface area contributed by atoms with Crippen molar-refractivity contribution in [3.8, 4) is 0 Å². The first-order valence-corrected chi connectivity index (χ1v) is 6.69. The second-order valence-electron chi connectivity index (χ2n) is 5.37. The van der Waals surface area contributed by atoms with Gasteiger partial charge in [-0.1, -0.05) is 44.7 Å². The fourth-order valence-corrected chi connectivity index (χ4v) is 2.99. The molecule has 0 aliphatic heterocycles. The van der Waals surface area contributed by atoms with Gasteiger partial charge < -0.3 is 5.73 Å². The molecule has 94 valence electrons. The summed E-state index contributed by atoms with van der Waals surface area (Å²) in [7, 11) is 0. The Hall–Kier alpha value is -0.890. The Kier molecular flexibility index (Phi) is 3.82. The summed E-state index contributed by atoms with van der Waals surface area (Å²) in [5, 5.41) is 0. The van der Waals surface area contributed by atoms with Gasteiger partial charge in [-0.05, 0) is 36.5 Å². The van der Waals surface area contributed by atoms with Gasteiger partial charge in [0.2, 0.25) is 0 Å². The van der Waals surface area contributed by atoms with E-state index >= 15 is 0 Å². The molecule has 1 aliphatic rings. The third-order valence-corrected chi connectivity index (χ3v) is 4.16. The summed E-state index contributed by atoms with van der Waals surface area (Å²) < 4.78 is 13.3. The third kappa shape index (κ3) is 2.86. The molecule has 1 aliphatic carbocycles. The van der Waals surface area contributed by atoms with E-state index in [9.17, 15) is 4.39 Å². The second-order valence-corrected chi connectivity index (χ2v) is 5.37. The van der Waals surface area contributed by atoms with E-state index in [2.05, 4.69) is 6.92 Å². The highest BCUT2D eigenvalue weighted by Crippen LogP contribution is 2.37. The second kappa shape index (κ2) is 5.18. The van der Waals surface area contributed by atoms with Crippen LogP contribution in [0.3, 0.4) is 0 Å². The highest BCUT2D eigenvalue weighted by molar-refractivity contribution is 5.24. The Balaban J connectivity index is 2.17. The number of hydrogen-bond donors (Lipinski definition) is 1. The number of nitrogens with two attached hydrogens (primary N) is 1. The fourth-order valence-electron chi connectivity index (χ4n) is 2.99. The molecule has 2 N–H and O–H groups in total. The van der Waals surface area contributed by atoms with E-state index in [0.29, 0.717) is 0 Å². The highest BCUT2D eigenvalue weighted by Gasteiger charge is 2.30. The summed E-state index contributed by atoms with van der Waals surface area (Å²) in [6, 6.07) is 6.80. The summed E-state index contributed by atoms with van der Waals surface area (Å²) in [5.74, 6) is 0.542. The molecule has 0 saturated heterocycles. The van der Waals surface area contributed by atoms with Gasteiger partial charge >= 0.3 is 0 Å². The molecule has 0 amide bonds. The molecule has 1 unspecified atom stereocenters. The maximum Gasteiger partial charge on any atom is 0.123 e. The van der Waals surface area contributed by atoms with Crippen molar-refractivity contribution < 1.29 is 4.39 Å². The van der Waals surface area contributed by atoms with Gasteiger partial charge in [-0.2, -0.15) is 0 Å². The minimum atomic E-state index is -0.350. The first-order valence-electron chi connectivity index (χ1n) is 6.69. The Bertz CT molecular complexity index is 371. The number of halogens is 1. The van der Waals surface area contributed by atoms with Gasteiger partial charge in [0.15, 0.2) is 0 Å². The van der Waals surface area contributed by atoms with Crippen LogP contribution in [0, 0.1) is 11.7 Å². The molecule has 1 nitrogen and oxygen atoms in total. The molecule has 0 aromatic heterocycles. The molecule has 1 fully saturated rings. The van der Waals surface area contributed by atoms with Crippen LogP contribution in [0.15, 0.2) is 24.3 Å². The SMILES string of the molecule is CCC(N)(CC1CCCC1)c1cccc(F)c1. The minimum absolute atomic E-state index is 0.183. The summed E-state index contributed by atoms with van der Waals surface area (Å²) in [6.45, 7) is 2.10. The van der Waals surface area contributed by atoms with E-state index < -0.39 is 0 Å². The molecule has 2 rings (SSSR count). The monoisotopic (exact) mass is 235 g/mol. The molecule has 1 aromatic rings. The van der Waals surface area contributed by atoms with E-state index in [-0.39, 0.29) is 11.4 Å². The van der Waals surface area contributed by atoms with Gasteiger partial charge in [-0.3, -0.25) is 0 Å². The maximum atomic E-state index is 13.3. The van der Waals surface area contributed by atoms with Crippen molar-refractivity contribution in [1.82, 2.24) is 0 Å². The van der Waals surface area contributed by atoms with E-state index in [0.717, 1.165) is 24.3 Å². The van der Waals surface area contributed by atoms with Crippen molar-refractivity contribution in [2.24, 2.45) is 11.7 Å². The van der Waals surface area contributed by atoms with Crippen molar-refractivity contribution in [1.29, 1.82) is 0 Å². The van der Waals surface area contributed by atoms with Crippen molar-refractivity contribution in [3.63, 3.8) is 0 Å². The maximum absolute atomic E-state index is 13.3. The van der Waals surface area contributed by atoms with E-state index in [1.165, 1.54) is 31.7 Å². The predicted octanol–water partition coefficient (Wildman–Crippen LogP) is 3.97. The lowest BCUT2D eigenvalue weighted by Crippen LogP contribution is -2.37. The zero-order valence-corrected chi connectivity index (χ0v) is 10.6. The molecule has 0 radical (unpaired) electrons. The van der Waals surface area contributed by atoms with Gasteiger partial charge in [0, 0.05) is 5.54 Å². The topological polar surface area (TPSA) is 26.0 Å². The molecular weight excluding hydrogens is 213 g/mol. The van der Waals surface area contributed by atoms with E-state index in [1.54, 1.807) is 12.1 Å². The van der Waals surface area contributed by atoms with Crippen LogP contribution < -0.4 is 5.73 Å². The van der Waals surface area contributed by atoms with Crippen LogP contribution in [-0.2, 0) is 5.54 Å². The first-order chi connectivity index (χ1) is 8.14. The van der Waals surface area contributed by atoms with Crippen molar-refractivity contribution in [3.05, 3.63) is 35.6 Å². The van der Waals surface area contributed by atoms with Crippen LogP contribution in [0.2, 0.25) is 0 Å². The van der Waals surface area contributed by atoms with Gasteiger partial charge in [-0.15, -0.1) is 0 Å². The molecule has 0 bridgehead atoms. The number of rotatable bonds is 4. The standard InChI is InChI=1S/C15H22FN/c1-2-15(17,11-12-6-3-4-7-12)13-8-5-9-14(16)10-13/h5,8-10,12H,2-4,6-7,11,17H2,1H3. The summed E-state index contributed by atoms with van der Waals surface area (Å²) in [4.78, 5) is 0. The lowest BCUT2D eigenvalue weighted by atomic mass is 9.80. The lowest BCUT2D eigenvalue weighted by Gasteiger charge is -2.31. The Morgan fingerprint density at radius 3 is 2.65 bits per heavy atom. The average molecular weight is 235 g/mol. The molecule has 0 spiro atoms. The Morgan fingerprint density at radius 1 is 1.35 bits per heavy atom. The average Bonchev–Trinajstić information content (AvgIpc) is 2.81. The molecule has 17 heavy (non-hydrogen) atoms. The highest BCUT2D eigenvalue weighted by atomic mass is 19.1. The molecule has 1 atom stereocenters. The van der Waals surface area contributed by atoms with Gasteiger partial charge in [-0.25, -0.2) is 4.39 Å². The largest absolute Gasteiger partial charge is 0.321 e. The van der Waals surface area contributed by atoms with E-state index in [1.807, 2.05) is 6.07 Å². The van der Waals surface area contributed by atoms with Crippen molar-refractivity contribution >= 4 is 0 Å². The first kappa shape index (κ1) is 12.6. The molecule has 0 heterocycles. The summed E-state index contributed by atoms with van der Waals surface area (Å²) in [6.07, 6.45) is 7.09. The van der Waals surface area contributed by atoms with Crippen molar-refractivity contribution in [2.75, 3.05) is 0 Å². The van der Waals surface area contributed by atoms with Crippen LogP contribution in [0.4, 0.5) is 4.39 Å². The zero-order valence-electron chi connectivity index (χ0n) is 10.6. The van der Waals surface area contributed by atoms with Gasteiger partial charge in [0.1, 0.15) is 5.82 Å². The van der Waals surface area contributed by atoms with Crippen LogP contribution in [-0.4, -0.2) is 0 Å². The minimum Gasteiger partial charge on any atom is -0.321 e. The molecule has 1 aromatic carbocycles. The smallest absolute Gasteiger partial charge is 0.123 e. The summed E-state index contributed by atoms with van der Waals surface area (Å²) in [5.41, 5.74) is 7.10. The third-order valence-electron chi connectivity index (χ3n) is 4.16. The van der Waals surface area contributed by atoms with Crippen LogP contribution >= 0.6 is 0 Å². The van der Waals surface area contributed by atoms with Gasteiger partial charge in [0.05, 0.1) is 0 Å². The summed E-state index contributed by atoms with van der Waals surface area (Å²) >= 11 is 0. The molecule has 1 saturated carbocycles. The molecule has 2 heteroatoms. The van der Waals surface area contributed by atoms with Crippen LogP contribution in [0.1, 0.15) is 51.0 Å². The number of hydrogen-bond acceptors (Lipinski definition) is 1. The van der Waals surface area contributed by atoms with Crippen molar-refractivity contribution in [2.45, 2.75) is 51.0 Å². The molecular formula is C15H22FN. The van der Waals surface area contributed by atoms with E-state index in [4.69, 9.17) is 5.73 Å².